The first-order valence-corrected chi connectivity index (χ1v) is 5.63. The average Bonchev–Trinajstić information content (AvgIpc) is 2.13. The van der Waals surface area contributed by atoms with E-state index in [1.54, 1.807) is 0 Å². The van der Waals surface area contributed by atoms with Crippen molar-refractivity contribution in [3.05, 3.63) is 0 Å². The lowest BCUT2D eigenvalue weighted by Gasteiger charge is -2.26. The quantitative estimate of drug-likeness (QED) is 0.615. The highest BCUT2D eigenvalue weighted by Gasteiger charge is 2.10. The highest BCUT2D eigenvalue weighted by Crippen LogP contribution is 2.04. The number of nitrogens with zero attached hydrogens (tertiary/aromatic N) is 1. The molecule has 0 rings (SSSR count). The number of aliphatic hydroxyl groups is 1. The minimum atomic E-state index is 0.275. The number of hydrogen-bond acceptors (Lipinski definition) is 3. The normalized spacial score (nSPS) is 13.9. The topological polar surface area (TPSA) is 49.5 Å². The smallest absolute Gasteiger partial charge is 0.0468 e. The second kappa shape index (κ2) is 8.21. The molecule has 3 nitrogen and oxygen atoms in total. The number of rotatable bonds is 8. The van der Waals surface area contributed by atoms with Gasteiger partial charge in [-0.3, -0.25) is 0 Å². The van der Waals surface area contributed by atoms with Crippen LogP contribution in [-0.4, -0.2) is 42.8 Å². The predicted octanol–water partition coefficient (Wildman–Crippen LogP) is 0.922. The van der Waals surface area contributed by atoms with E-state index < -0.39 is 0 Å². The zero-order valence-corrected chi connectivity index (χ0v) is 9.87. The first-order chi connectivity index (χ1) is 6.60. The standard InChI is InChI=1S/C11H26N2O/c1-10(2)7-13(6-4-5-12)8-11(3)9-14/h10-11,14H,4-9,12H2,1-3H3. The molecule has 1 unspecified atom stereocenters. The van der Waals surface area contributed by atoms with Crippen molar-refractivity contribution in [2.24, 2.45) is 17.6 Å². The molecule has 0 fully saturated rings. The molecule has 14 heavy (non-hydrogen) atoms. The fraction of sp³-hybridized carbons (Fsp3) is 1.00. The molecule has 0 aliphatic rings. The molecule has 0 saturated heterocycles. The summed E-state index contributed by atoms with van der Waals surface area (Å²) < 4.78 is 0. The molecule has 0 heterocycles. The molecule has 0 bridgehead atoms. The van der Waals surface area contributed by atoms with Crippen molar-refractivity contribution in [1.82, 2.24) is 4.90 Å². The van der Waals surface area contributed by atoms with E-state index in [2.05, 4.69) is 25.7 Å². The third kappa shape index (κ3) is 7.30. The van der Waals surface area contributed by atoms with Gasteiger partial charge in [-0.2, -0.15) is 0 Å². The van der Waals surface area contributed by atoms with Crippen LogP contribution in [0.25, 0.3) is 0 Å². The summed E-state index contributed by atoms with van der Waals surface area (Å²) in [7, 11) is 0. The van der Waals surface area contributed by atoms with Crippen LogP contribution in [0.1, 0.15) is 27.2 Å². The van der Waals surface area contributed by atoms with E-state index >= 15 is 0 Å². The summed E-state index contributed by atoms with van der Waals surface area (Å²) in [6.07, 6.45) is 1.05. The highest BCUT2D eigenvalue weighted by atomic mass is 16.3. The SMILES string of the molecule is CC(C)CN(CCCN)CC(C)CO. The predicted molar refractivity (Wildman–Crippen MR) is 61.2 cm³/mol. The van der Waals surface area contributed by atoms with Gasteiger partial charge in [-0.25, -0.2) is 0 Å². The summed E-state index contributed by atoms with van der Waals surface area (Å²) in [6.45, 7) is 10.7. The van der Waals surface area contributed by atoms with Crippen LogP contribution in [0.15, 0.2) is 0 Å². The van der Waals surface area contributed by atoms with E-state index in [0.29, 0.717) is 11.8 Å². The summed E-state index contributed by atoms with van der Waals surface area (Å²) >= 11 is 0. The summed E-state index contributed by atoms with van der Waals surface area (Å²) in [5.41, 5.74) is 5.49. The number of aliphatic hydroxyl groups excluding tert-OH is 1. The van der Waals surface area contributed by atoms with E-state index in [1.807, 2.05) is 0 Å². The Bertz CT molecular complexity index is 128. The molecule has 1 atom stereocenters. The Morgan fingerprint density at radius 1 is 1.21 bits per heavy atom. The van der Waals surface area contributed by atoms with Crippen molar-refractivity contribution in [3.8, 4) is 0 Å². The van der Waals surface area contributed by atoms with Gasteiger partial charge in [0.2, 0.25) is 0 Å². The van der Waals surface area contributed by atoms with Gasteiger partial charge >= 0.3 is 0 Å². The van der Waals surface area contributed by atoms with Crippen molar-refractivity contribution in [2.45, 2.75) is 27.2 Å². The van der Waals surface area contributed by atoms with E-state index in [9.17, 15) is 0 Å². The van der Waals surface area contributed by atoms with Crippen LogP contribution in [-0.2, 0) is 0 Å². The third-order valence-corrected chi connectivity index (χ3v) is 2.18. The maximum atomic E-state index is 8.99. The summed E-state index contributed by atoms with van der Waals surface area (Å²) in [5, 5.41) is 8.99. The van der Waals surface area contributed by atoms with Gasteiger partial charge in [-0.15, -0.1) is 0 Å². The van der Waals surface area contributed by atoms with Crippen LogP contribution in [0, 0.1) is 11.8 Å². The lowest BCUT2D eigenvalue weighted by atomic mass is 10.1. The molecule has 0 amide bonds. The third-order valence-electron chi connectivity index (χ3n) is 2.18. The molecule has 0 aliphatic heterocycles. The second-order valence-corrected chi connectivity index (χ2v) is 4.58. The molecular formula is C11H26N2O. The minimum absolute atomic E-state index is 0.275. The van der Waals surface area contributed by atoms with Gasteiger partial charge in [0.1, 0.15) is 0 Å². The van der Waals surface area contributed by atoms with Crippen LogP contribution < -0.4 is 5.73 Å². The van der Waals surface area contributed by atoms with E-state index in [-0.39, 0.29) is 6.61 Å². The molecule has 0 aliphatic carbocycles. The molecule has 86 valence electrons. The molecule has 0 radical (unpaired) electrons. The fourth-order valence-electron chi connectivity index (χ4n) is 1.59. The van der Waals surface area contributed by atoms with Crippen molar-refractivity contribution in [2.75, 3.05) is 32.8 Å². The Kier molecular flexibility index (Phi) is 8.14. The molecule has 0 aromatic rings. The van der Waals surface area contributed by atoms with Crippen molar-refractivity contribution in [3.63, 3.8) is 0 Å². The van der Waals surface area contributed by atoms with Crippen molar-refractivity contribution >= 4 is 0 Å². The fourth-order valence-corrected chi connectivity index (χ4v) is 1.59. The van der Waals surface area contributed by atoms with Crippen LogP contribution in [0.4, 0.5) is 0 Å². The first kappa shape index (κ1) is 13.9. The van der Waals surface area contributed by atoms with Gasteiger partial charge in [0, 0.05) is 19.7 Å². The van der Waals surface area contributed by atoms with Gasteiger partial charge < -0.3 is 15.7 Å². The van der Waals surface area contributed by atoms with Gasteiger partial charge in [-0.1, -0.05) is 20.8 Å². The van der Waals surface area contributed by atoms with E-state index in [1.165, 1.54) is 0 Å². The summed E-state index contributed by atoms with van der Waals surface area (Å²) in [4.78, 5) is 2.40. The monoisotopic (exact) mass is 202 g/mol. The Morgan fingerprint density at radius 3 is 2.29 bits per heavy atom. The number of nitrogens with two attached hydrogens (primary N) is 1. The summed E-state index contributed by atoms with van der Waals surface area (Å²) in [6, 6.07) is 0. The van der Waals surface area contributed by atoms with Gasteiger partial charge in [-0.05, 0) is 31.3 Å². The molecule has 3 N–H and O–H groups in total. The first-order valence-electron chi connectivity index (χ1n) is 5.63. The van der Waals surface area contributed by atoms with E-state index in [0.717, 1.165) is 32.6 Å². The Balaban J connectivity index is 3.83. The maximum Gasteiger partial charge on any atom is 0.0468 e. The van der Waals surface area contributed by atoms with Crippen LogP contribution in [0.5, 0.6) is 0 Å². The van der Waals surface area contributed by atoms with Crippen LogP contribution in [0.3, 0.4) is 0 Å². The Hall–Kier alpha value is -0.120. The van der Waals surface area contributed by atoms with Gasteiger partial charge in [0.15, 0.2) is 0 Å². The minimum Gasteiger partial charge on any atom is -0.396 e. The molecule has 0 saturated carbocycles. The second-order valence-electron chi connectivity index (χ2n) is 4.58. The Labute approximate surface area is 88.3 Å². The van der Waals surface area contributed by atoms with Crippen molar-refractivity contribution < 1.29 is 5.11 Å². The molecule has 0 aromatic heterocycles. The zero-order chi connectivity index (χ0) is 11.0. The molecular weight excluding hydrogens is 176 g/mol. The molecule has 0 aromatic carbocycles. The lowest BCUT2D eigenvalue weighted by molar-refractivity contribution is 0.162. The zero-order valence-electron chi connectivity index (χ0n) is 9.87. The average molecular weight is 202 g/mol. The maximum absolute atomic E-state index is 8.99. The van der Waals surface area contributed by atoms with Crippen LogP contribution >= 0.6 is 0 Å². The van der Waals surface area contributed by atoms with E-state index in [4.69, 9.17) is 10.8 Å². The Morgan fingerprint density at radius 2 is 1.86 bits per heavy atom. The van der Waals surface area contributed by atoms with Gasteiger partial charge in [0.25, 0.3) is 0 Å². The number of hydrogen-bond donors (Lipinski definition) is 2. The van der Waals surface area contributed by atoms with Gasteiger partial charge in [0.05, 0.1) is 0 Å². The van der Waals surface area contributed by atoms with Crippen LogP contribution in [0.2, 0.25) is 0 Å². The highest BCUT2D eigenvalue weighted by molar-refractivity contribution is 4.64. The molecule has 3 heteroatoms. The van der Waals surface area contributed by atoms with Crippen molar-refractivity contribution in [1.29, 1.82) is 0 Å². The lowest BCUT2D eigenvalue weighted by Crippen LogP contribution is -2.34. The molecule has 0 spiro atoms. The largest absolute Gasteiger partial charge is 0.396 e. The summed E-state index contributed by atoms with van der Waals surface area (Å²) in [5.74, 6) is 1.05.